The fraction of sp³-hybridized carbons (Fsp3) is 0.600. The smallest absolute Gasteiger partial charge is 0.128 e. The lowest BCUT2D eigenvalue weighted by Gasteiger charge is -2.29. The van der Waals surface area contributed by atoms with E-state index in [1.807, 2.05) is 19.0 Å². The van der Waals surface area contributed by atoms with Crippen LogP contribution in [0.3, 0.4) is 0 Å². The molecule has 0 spiro atoms. The number of nitrogens with one attached hydrogen (secondary N) is 1. The van der Waals surface area contributed by atoms with E-state index in [4.69, 9.17) is 0 Å². The number of likely N-dealkylation sites (N-methyl/N-ethyl adjacent to an activating group) is 1. The topological polar surface area (TPSA) is 35.5 Å². The second kappa shape index (κ2) is 6.61. The van der Waals surface area contributed by atoms with E-state index in [9.17, 15) is 13.9 Å². The fourth-order valence-corrected chi connectivity index (χ4v) is 2.21. The van der Waals surface area contributed by atoms with Crippen molar-refractivity contribution in [1.82, 2.24) is 10.2 Å². The van der Waals surface area contributed by atoms with Gasteiger partial charge in [0.1, 0.15) is 11.6 Å². The number of aliphatic hydroxyl groups is 1. The standard InChI is InChI=1S/C15H24F2N2O/c1-10-6-14(17)12(7-13(10)16)11(2)18-8-15(3,20)9-19(4)5/h6-7,11,18,20H,8-9H2,1-5H3. The van der Waals surface area contributed by atoms with Crippen LogP contribution in [0.1, 0.15) is 31.0 Å². The molecule has 2 N–H and O–H groups in total. The van der Waals surface area contributed by atoms with Crippen LogP contribution in [-0.2, 0) is 0 Å². The molecule has 0 amide bonds. The van der Waals surface area contributed by atoms with Gasteiger partial charge in [0.2, 0.25) is 0 Å². The molecule has 20 heavy (non-hydrogen) atoms. The van der Waals surface area contributed by atoms with E-state index in [1.165, 1.54) is 19.1 Å². The molecule has 1 aromatic rings. The third-order valence-corrected chi connectivity index (χ3v) is 3.19. The van der Waals surface area contributed by atoms with Crippen molar-refractivity contribution in [1.29, 1.82) is 0 Å². The van der Waals surface area contributed by atoms with Gasteiger partial charge in [0.15, 0.2) is 0 Å². The Hall–Kier alpha value is -1.04. The highest BCUT2D eigenvalue weighted by Crippen LogP contribution is 2.21. The van der Waals surface area contributed by atoms with Crippen LogP contribution in [0, 0.1) is 18.6 Å². The van der Waals surface area contributed by atoms with Crippen molar-refractivity contribution < 1.29 is 13.9 Å². The third-order valence-electron chi connectivity index (χ3n) is 3.19. The lowest BCUT2D eigenvalue weighted by molar-refractivity contribution is 0.0316. The van der Waals surface area contributed by atoms with E-state index in [1.54, 1.807) is 13.8 Å². The SMILES string of the molecule is Cc1cc(F)c(C(C)NCC(C)(O)CN(C)C)cc1F. The van der Waals surface area contributed by atoms with Gasteiger partial charge >= 0.3 is 0 Å². The van der Waals surface area contributed by atoms with Gasteiger partial charge in [-0.15, -0.1) is 0 Å². The summed E-state index contributed by atoms with van der Waals surface area (Å²) in [5.74, 6) is -0.855. The number of aryl methyl sites for hydroxylation is 1. The highest BCUT2D eigenvalue weighted by molar-refractivity contribution is 5.27. The van der Waals surface area contributed by atoms with Gasteiger partial charge in [-0.3, -0.25) is 0 Å². The molecule has 5 heteroatoms. The molecule has 0 bridgehead atoms. The highest BCUT2D eigenvalue weighted by Gasteiger charge is 2.23. The predicted molar refractivity (Wildman–Crippen MR) is 76.7 cm³/mol. The first-order valence-electron chi connectivity index (χ1n) is 6.68. The zero-order valence-corrected chi connectivity index (χ0v) is 12.8. The van der Waals surface area contributed by atoms with E-state index in [0.29, 0.717) is 13.1 Å². The molecule has 2 atom stereocenters. The van der Waals surface area contributed by atoms with Crippen LogP contribution in [0.2, 0.25) is 0 Å². The van der Waals surface area contributed by atoms with Crippen LogP contribution >= 0.6 is 0 Å². The average Bonchev–Trinajstić information content (AvgIpc) is 2.29. The highest BCUT2D eigenvalue weighted by atomic mass is 19.1. The van der Waals surface area contributed by atoms with Gasteiger partial charge in [0.25, 0.3) is 0 Å². The number of benzene rings is 1. The Balaban J connectivity index is 2.72. The van der Waals surface area contributed by atoms with Gasteiger partial charge in [-0.1, -0.05) is 0 Å². The van der Waals surface area contributed by atoms with Gasteiger partial charge in [0.05, 0.1) is 5.60 Å². The summed E-state index contributed by atoms with van der Waals surface area (Å²) in [6, 6.07) is 2.03. The summed E-state index contributed by atoms with van der Waals surface area (Å²) in [6.45, 7) is 5.76. The maximum absolute atomic E-state index is 13.8. The van der Waals surface area contributed by atoms with Gasteiger partial charge in [0, 0.05) is 24.7 Å². The average molecular weight is 286 g/mol. The summed E-state index contributed by atoms with van der Waals surface area (Å²) in [5, 5.41) is 13.2. The molecule has 114 valence electrons. The Bertz CT molecular complexity index is 461. The molecule has 0 aliphatic heterocycles. The predicted octanol–water partition coefficient (Wildman–Crippen LogP) is 2.24. The van der Waals surface area contributed by atoms with Crippen LogP contribution in [-0.4, -0.2) is 42.8 Å². The Morgan fingerprint density at radius 2 is 1.90 bits per heavy atom. The van der Waals surface area contributed by atoms with Crippen molar-refractivity contribution in [3.63, 3.8) is 0 Å². The van der Waals surface area contributed by atoms with Gasteiger partial charge in [-0.25, -0.2) is 8.78 Å². The Kier molecular flexibility index (Phi) is 5.62. The molecule has 2 unspecified atom stereocenters. The fourth-order valence-electron chi connectivity index (χ4n) is 2.21. The lowest BCUT2D eigenvalue weighted by atomic mass is 10.0. The van der Waals surface area contributed by atoms with E-state index in [0.717, 1.165) is 0 Å². The van der Waals surface area contributed by atoms with Crippen LogP contribution in [0.4, 0.5) is 8.78 Å². The normalized spacial score (nSPS) is 16.2. The molecule has 0 heterocycles. The minimum absolute atomic E-state index is 0.272. The van der Waals surface area contributed by atoms with Crippen molar-refractivity contribution in [2.45, 2.75) is 32.4 Å². The number of hydrogen-bond donors (Lipinski definition) is 2. The maximum Gasteiger partial charge on any atom is 0.128 e. The van der Waals surface area contributed by atoms with Crippen molar-refractivity contribution in [3.8, 4) is 0 Å². The summed E-state index contributed by atoms with van der Waals surface area (Å²) in [7, 11) is 3.74. The van der Waals surface area contributed by atoms with Crippen LogP contribution in [0.5, 0.6) is 0 Å². The first-order valence-corrected chi connectivity index (χ1v) is 6.68. The van der Waals surface area contributed by atoms with Gasteiger partial charge in [-0.05, 0) is 52.6 Å². The Labute approximate surface area is 119 Å². The molecular formula is C15H24F2N2O. The first kappa shape index (κ1) is 17.0. The first-order chi connectivity index (χ1) is 9.12. The van der Waals surface area contributed by atoms with Crippen LogP contribution in [0.15, 0.2) is 12.1 Å². The van der Waals surface area contributed by atoms with Crippen LogP contribution in [0.25, 0.3) is 0 Å². The zero-order valence-electron chi connectivity index (χ0n) is 12.8. The molecule has 0 saturated heterocycles. The third kappa shape index (κ3) is 4.81. The van der Waals surface area contributed by atoms with Crippen molar-refractivity contribution in [2.24, 2.45) is 0 Å². The van der Waals surface area contributed by atoms with Crippen molar-refractivity contribution >= 4 is 0 Å². The molecule has 0 aliphatic carbocycles. The lowest BCUT2D eigenvalue weighted by Crippen LogP contribution is -2.46. The van der Waals surface area contributed by atoms with E-state index in [2.05, 4.69) is 5.32 Å². The minimum Gasteiger partial charge on any atom is -0.388 e. The van der Waals surface area contributed by atoms with Crippen molar-refractivity contribution in [2.75, 3.05) is 27.2 Å². The quantitative estimate of drug-likeness (QED) is 0.842. The molecule has 1 aromatic carbocycles. The molecule has 0 aromatic heterocycles. The molecule has 1 rings (SSSR count). The summed E-state index contributed by atoms with van der Waals surface area (Å²) in [5.41, 5.74) is -0.371. The molecule has 0 aliphatic rings. The zero-order chi connectivity index (χ0) is 15.5. The Morgan fingerprint density at radius 3 is 2.45 bits per heavy atom. The minimum atomic E-state index is -0.933. The molecule has 0 radical (unpaired) electrons. The van der Waals surface area contributed by atoms with Crippen molar-refractivity contribution in [3.05, 3.63) is 34.9 Å². The maximum atomic E-state index is 13.8. The largest absolute Gasteiger partial charge is 0.388 e. The second-order valence-corrected chi connectivity index (χ2v) is 5.96. The van der Waals surface area contributed by atoms with E-state index >= 15 is 0 Å². The molecule has 3 nitrogen and oxygen atoms in total. The van der Waals surface area contributed by atoms with Gasteiger partial charge in [-0.2, -0.15) is 0 Å². The molecule has 0 fully saturated rings. The number of nitrogens with zero attached hydrogens (tertiary/aromatic N) is 1. The summed E-state index contributed by atoms with van der Waals surface area (Å²) in [6.07, 6.45) is 0. The Morgan fingerprint density at radius 1 is 1.30 bits per heavy atom. The summed E-state index contributed by atoms with van der Waals surface area (Å²) in [4.78, 5) is 1.87. The molecular weight excluding hydrogens is 262 g/mol. The van der Waals surface area contributed by atoms with E-state index in [-0.39, 0.29) is 17.2 Å². The second-order valence-electron chi connectivity index (χ2n) is 5.96. The monoisotopic (exact) mass is 286 g/mol. The number of rotatable bonds is 6. The van der Waals surface area contributed by atoms with Crippen LogP contribution < -0.4 is 5.32 Å². The number of halogens is 2. The van der Waals surface area contributed by atoms with E-state index < -0.39 is 17.2 Å². The summed E-state index contributed by atoms with van der Waals surface area (Å²) < 4.78 is 27.3. The summed E-state index contributed by atoms with van der Waals surface area (Å²) >= 11 is 0. The molecule has 0 saturated carbocycles. The van der Waals surface area contributed by atoms with Gasteiger partial charge < -0.3 is 15.3 Å². The number of hydrogen-bond acceptors (Lipinski definition) is 3.